The number of carbonyl (C=O) groups is 1. The molecule has 1 aliphatic rings. The van der Waals surface area contributed by atoms with Gasteiger partial charge in [-0.15, -0.1) is 0 Å². The van der Waals surface area contributed by atoms with Crippen LogP contribution in [0, 0.1) is 5.92 Å². The summed E-state index contributed by atoms with van der Waals surface area (Å²) >= 11 is 5.77. The topological polar surface area (TPSA) is 44.4 Å². The second-order valence-corrected chi connectivity index (χ2v) is 6.13. The molecular weight excluding hydrogens is 331 g/mol. The van der Waals surface area contributed by atoms with Crippen LogP contribution >= 0.6 is 11.6 Å². The van der Waals surface area contributed by atoms with E-state index in [-0.39, 0.29) is 11.9 Å². The van der Waals surface area contributed by atoms with Crippen LogP contribution in [0.1, 0.15) is 12.0 Å². The van der Waals surface area contributed by atoms with Crippen molar-refractivity contribution in [1.29, 1.82) is 0 Å². The van der Waals surface area contributed by atoms with Crippen LogP contribution in [0.25, 0.3) is 0 Å². The lowest BCUT2D eigenvalue weighted by Gasteiger charge is -2.18. The predicted octanol–water partition coefficient (Wildman–Crippen LogP) is 3.02. The van der Waals surface area contributed by atoms with E-state index >= 15 is 0 Å². The van der Waals surface area contributed by atoms with Crippen molar-refractivity contribution in [3.63, 3.8) is 0 Å². The molecule has 2 rings (SSSR count). The van der Waals surface area contributed by atoms with Crippen molar-refractivity contribution in [3.05, 3.63) is 34.9 Å². The molecule has 0 aliphatic carbocycles. The molecule has 1 aromatic carbocycles. The Kier molecular flexibility index (Phi) is 6.12. The van der Waals surface area contributed by atoms with E-state index in [0.717, 1.165) is 5.56 Å². The first-order valence-corrected chi connectivity index (χ1v) is 7.75. The number of carbonyl (C=O) groups excluding carboxylic acids is 1. The fourth-order valence-electron chi connectivity index (χ4n) is 2.56. The molecule has 0 unspecified atom stereocenters. The van der Waals surface area contributed by atoms with E-state index < -0.39 is 12.7 Å². The van der Waals surface area contributed by atoms with Gasteiger partial charge < -0.3 is 10.6 Å². The molecule has 0 saturated carbocycles. The highest BCUT2D eigenvalue weighted by molar-refractivity contribution is 6.30. The average Bonchev–Trinajstić information content (AvgIpc) is 2.90. The van der Waals surface area contributed by atoms with Crippen LogP contribution in [-0.4, -0.2) is 43.3 Å². The van der Waals surface area contributed by atoms with E-state index in [9.17, 15) is 18.0 Å². The van der Waals surface area contributed by atoms with E-state index in [1.165, 1.54) is 4.90 Å². The fraction of sp³-hybridized carbons (Fsp3) is 0.533. The molecule has 0 spiro atoms. The van der Waals surface area contributed by atoms with Crippen LogP contribution in [0.4, 0.5) is 18.0 Å². The van der Waals surface area contributed by atoms with Gasteiger partial charge in [-0.1, -0.05) is 23.7 Å². The first-order valence-electron chi connectivity index (χ1n) is 7.37. The van der Waals surface area contributed by atoms with Gasteiger partial charge >= 0.3 is 12.2 Å². The van der Waals surface area contributed by atoms with Crippen molar-refractivity contribution in [1.82, 2.24) is 15.5 Å². The minimum Gasteiger partial charge on any atom is -0.338 e. The Balaban J connectivity index is 1.64. The second-order valence-electron chi connectivity index (χ2n) is 5.70. The summed E-state index contributed by atoms with van der Waals surface area (Å²) in [5.41, 5.74) is 0.918. The number of benzene rings is 1. The Morgan fingerprint density at radius 3 is 2.61 bits per heavy atom. The number of rotatable bonds is 5. The highest BCUT2D eigenvalue weighted by Crippen LogP contribution is 2.22. The van der Waals surface area contributed by atoms with Gasteiger partial charge in [0.15, 0.2) is 0 Å². The van der Waals surface area contributed by atoms with Gasteiger partial charge in [0.05, 0.1) is 6.54 Å². The zero-order chi connectivity index (χ0) is 16.9. The number of nitrogens with zero attached hydrogens (tertiary/aromatic N) is 1. The fourth-order valence-corrected chi connectivity index (χ4v) is 2.69. The highest BCUT2D eigenvalue weighted by atomic mass is 35.5. The molecule has 0 bridgehead atoms. The zero-order valence-corrected chi connectivity index (χ0v) is 13.3. The normalized spacial score (nSPS) is 18.9. The molecule has 2 amide bonds. The highest BCUT2D eigenvalue weighted by Gasteiger charge is 2.34. The van der Waals surface area contributed by atoms with E-state index in [1.807, 2.05) is 12.1 Å². The molecular formula is C15H19ClF3N3O. The summed E-state index contributed by atoms with van der Waals surface area (Å²) in [5, 5.41) is 6.04. The van der Waals surface area contributed by atoms with Crippen molar-refractivity contribution in [2.75, 3.05) is 26.2 Å². The summed E-state index contributed by atoms with van der Waals surface area (Å²) in [5.74, 6) is 0.0543. The SMILES string of the molecule is O=C(NCc1ccc(Cl)cc1)NC[C@H]1CCN(CC(F)(F)F)C1. The number of amides is 2. The summed E-state index contributed by atoms with van der Waals surface area (Å²) in [6.45, 7) is 0.635. The van der Waals surface area contributed by atoms with Crippen LogP contribution in [0.3, 0.4) is 0 Å². The van der Waals surface area contributed by atoms with Crippen molar-refractivity contribution in [3.8, 4) is 0 Å². The van der Waals surface area contributed by atoms with Crippen molar-refractivity contribution in [2.24, 2.45) is 5.92 Å². The minimum absolute atomic E-state index is 0.0543. The molecule has 1 atom stereocenters. The van der Waals surface area contributed by atoms with E-state index in [0.29, 0.717) is 37.6 Å². The lowest BCUT2D eigenvalue weighted by molar-refractivity contribution is -0.143. The van der Waals surface area contributed by atoms with E-state index in [4.69, 9.17) is 11.6 Å². The molecule has 4 nitrogen and oxygen atoms in total. The maximum Gasteiger partial charge on any atom is 0.401 e. The van der Waals surface area contributed by atoms with Crippen LogP contribution in [0.15, 0.2) is 24.3 Å². The lowest BCUT2D eigenvalue weighted by Crippen LogP contribution is -2.39. The largest absolute Gasteiger partial charge is 0.401 e. The first kappa shape index (κ1) is 17.9. The standard InChI is InChI=1S/C15H19ClF3N3O/c16-13-3-1-11(2-4-13)7-20-14(23)21-8-12-5-6-22(9-12)10-15(17,18)19/h1-4,12H,5-10H2,(H2,20,21,23)/t12-/m1/s1. The summed E-state index contributed by atoms with van der Waals surface area (Å²) < 4.78 is 36.9. The van der Waals surface area contributed by atoms with E-state index in [2.05, 4.69) is 10.6 Å². The van der Waals surface area contributed by atoms with Gasteiger partial charge in [0.2, 0.25) is 0 Å². The monoisotopic (exact) mass is 349 g/mol. The third kappa shape index (κ3) is 6.66. The first-order chi connectivity index (χ1) is 10.8. The number of nitrogens with one attached hydrogen (secondary N) is 2. The van der Waals surface area contributed by atoms with Crippen LogP contribution in [-0.2, 0) is 6.54 Å². The number of likely N-dealkylation sites (tertiary alicyclic amines) is 1. The third-order valence-corrected chi connectivity index (χ3v) is 3.94. The lowest BCUT2D eigenvalue weighted by atomic mass is 10.1. The van der Waals surface area contributed by atoms with Gasteiger partial charge in [0.25, 0.3) is 0 Å². The number of hydrogen-bond acceptors (Lipinski definition) is 2. The molecule has 0 aromatic heterocycles. The van der Waals surface area contributed by atoms with Crippen molar-refractivity contribution < 1.29 is 18.0 Å². The minimum atomic E-state index is -4.17. The quantitative estimate of drug-likeness (QED) is 0.858. The van der Waals surface area contributed by atoms with Gasteiger partial charge in [0, 0.05) is 24.7 Å². The second kappa shape index (κ2) is 7.88. The Labute approximate surface area is 138 Å². The Hall–Kier alpha value is -1.47. The van der Waals surface area contributed by atoms with Crippen LogP contribution in [0.5, 0.6) is 0 Å². The number of halogens is 4. The maximum atomic E-state index is 12.3. The molecule has 1 saturated heterocycles. The van der Waals surface area contributed by atoms with Gasteiger partial charge in [-0.2, -0.15) is 13.2 Å². The van der Waals surface area contributed by atoms with E-state index in [1.54, 1.807) is 12.1 Å². The number of hydrogen-bond donors (Lipinski definition) is 2. The smallest absolute Gasteiger partial charge is 0.338 e. The van der Waals surface area contributed by atoms with Gasteiger partial charge in [-0.3, -0.25) is 4.90 Å². The van der Waals surface area contributed by atoms with Crippen LogP contribution < -0.4 is 10.6 Å². The predicted molar refractivity (Wildman–Crippen MR) is 82.3 cm³/mol. The average molecular weight is 350 g/mol. The molecule has 1 heterocycles. The van der Waals surface area contributed by atoms with Crippen LogP contribution in [0.2, 0.25) is 5.02 Å². The molecule has 23 heavy (non-hydrogen) atoms. The molecule has 8 heteroatoms. The Morgan fingerprint density at radius 2 is 1.96 bits per heavy atom. The number of urea groups is 1. The Bertz CT molecular complexity index is 522. The molecule has 1 aromatic rings. The summed E-state index contributed by atoms with van der Waals surface area (Å²) in [6, 6.07) is 6.78. The zero-order valence-electron chi connectivity index (χ0n) is 12.5. The Morgan fingerprint density at radius 1 is 1.26 bits per heavy atom. The summed E-state index contributed by atoms with van der Waals surface area (Å²) in [6.07, 6.45) is -3.51. The maximum absolute atomic E-state index is 12.3. The molecule has 2 N–H and O–H groups in total. The summed E-state index contributed by atoms with van der Waals surface area (Å²) in [4.78, 5) is 13.1. The molecule has 0 radical (unpaired) electrons. The van der Waals surface area contributed by atoms with Gasteiger partial charge in [0.1, 0.15) is 0 Å². The third-order valence-electron chi connectivity index (χ3n) is 3.69. The number of alkyl halides is 3. The van der Waals surface area contributed by atoms with Gasteiger partial charge in [-0.25, -0.2) is 4.79 Å². The summed E-state index contributed by atoms with van der Waals surface area (Å²) in [7, 11) is 0. The molecule has 1 aliphatic heterocycles. The molecule has 1 fully saturated rings. The van der Waals surface area contributed by atoms with Gasteiger partial charge in [-0.05, 0) is 36.6 Å². The van der Waals surface area contributed by atoms with Crippen molar-refractivity contribution in [2.45, 2.75) is 19.1 Å². The molecule has 128 valence electrons. The van der Waals surface area contributed by atoms with Crippen molar-refractivity contribution >= 4 is 17.6 Å².